The molecular formula is C10H5ClFNO2. The molecule has 0 N–H and O–H groups in total. The summed E-state index contributed by atoms with van der Waals surface area (Å²) < 4.78 is 13.3. The number of carbonyl (C=O) groups is 2. The second-order valence-electron chi connectivity index (χ2n) is 2.71. The molecule has 3 nitrogen and oxygen atoms in total. The first-order chi connectivity index (χ1) is 7.13. The van der Waals surface area contributed by atoms with Crippen LogP contribution in [0.3, 0.4) is 0 Å². The molecule has 0 heterocycles. The largest absolute Gasteiger partial charge is 0.298 e. The highest BCUT2D eigenvalue weighted by atomic mass is 35.5. The van der Waals surface area contributed by atoms with E-state index in [0.29, 0.717) is 6.29 Å². The predicted octanol–water partition coefficient (Wildman–Crippen LogP) is 1.93. The summed E-state index contributed by atoms with van der Waals surface area (Å²) in [7, 11) is 0. The van der Waals surface area contributed by atoms with E-state index in [1.54, 1.807) is 6.07 Å². The van der Waals surface area contributed by atoms with Gasteiger partial charge >= 0.3 is 0 Å². The van der Waals surface area contributed by atoms with Gasteiger partial charge in [-0.25, -0.2) is 4.39 Å². The summed E-state index contributed by atoms with van der Waals surface area (Å²) in [6.07, 6.45) is 0.402. The summed E-state index contributed by atoms with van der Waals surface area (Å²) in [5.41, 5.74) is -0.531. The average Bonchev–Trinajstić information content (AvgIpc) is 2.26. The Bertz CT molecular complexity index is 465. The van der Waals surface area contributed by atoms with E-state index in [1.165, 1.54) is 0 Å². The molecule has 0 amide bonds. The minimum atomic E-state index is -0.901. The van der Waals surface area contributed by atoms with Crippen molar-refractivity contribution in [2.24, 2.45) is 0 Å². The molecule has 76 valence electrons. The first-order valence-electron chi connectivity index (χ1n) is 3.92. The minimum absolute atomic E-state index is 0.00942. The number of hydrogen-bond acceptors (Lipinski definition) is 3. The van der Waals surface area contributed by atoms with Gasteiger partial charge in [-0.2, -0.15) is 5.26 Å². The van der Waals surface area contributed by atoms with Crippen molar-refractivity contribution in [3.63, 3.8) is 0 Å². The van der Waals surface area contributed by atoms with Crippen LogP contribution in [0.5, 0.6) is 0 Å². The van der Waals surface area contributed by atoms with Gasteiger partial charge in [0.05, 0.1) is 17.0 Å². The van der Waals surface area contributed by atoms with Gasteiger partial charge in [-0.1, -0.05) is 0 Å². The van der Waals surface area contributed by atoms with Gasteiger partial charge in [0.1, 0.15) is 18.2 Å². The van der Waals surface area contributed by atoms with E-state index in [1.807, 2.05) is 0 Å². The number of nitrogens with zero attached hydrogens (tertiary/aromatic N) is 1. The number of halogens is 2. The van der Waals surface area contributed by atoms with Crippen LogP contribution < -0.4 is 0 Å². The van der Waals surface area contributed by atoms with Gasteiger partial charge < -0.3 is 0 Å². The fourth-order valence-corrected chi connectivity index (χ4v) is 1.27. The maximum absolute atomic E-state index is 13.3. The van der Waals surface area contributed by atoms with Crippen molar-refractivity contribution in [1.82, 2.24) is 0 Å². The highest BCUT2D eigenvalue weighted by Crippen LogP contribution is 2.16. The van der Waals surface area contributed by atoms with Crippen molar-refractivity contribution in [1.29, 1.82) is 5.26 Å². The summed E-state index contributed by atoms with van der Waals surface area (Å²) >= 11 is 5.27. The molecule has 0 aromatic heterocycles. The maximum Gasteiger partial charge on any atom is 0.181 e. The zero-order valence-corrected chi connectivity index (χ0v) is 8.21. The Labute approximate surface area is 90.1 Å². The lowest BCUT2D eigenvalue weighted by atomic mass is 10.0. The SMILES string of the molecule is N#Cc1cc(C=O)cc(F)c1C(=O)CCl. The second kappa shape index (κ2) is 4.67. The van der Waals surface area contributed by atoms with Crippen LogP contribution in [0, 0.1) is 17.1 Å². The highest BCUT2D eigenvalue weighted by molar-refractivity contribution is 6.30. The lowest BCUT2D eigenvalue weighted by Gasteiger charge is -2.03. The van der Waals surface area contributed by atoms with E-state index in [9.17, 15) is 14.0 Å². The first-order valence-corrected chi connectivity index (χ1v) is 4.45. The van der Waals surface area contributed by atoms with Crippen LogP contribution in [0.15, 0.2) is 12.1 Å². The number of Topliss-reactive ketones (excluding diaryl/α,β-unsaturated/α-hetero) is 1. The molecular weight excluding hydrogens is 221 g/mol. The molecule has 1 rings (SSSR count). The van der Waals surface area contributed by atoms with E-state index in [0.717, 1.165) is 12.1 Å². The number of ketones is 1. The third-order valence-corrected chi connectivity index (χ3v) is 2.01. The van der Waals surface area contributed by atoms with Crippen LogP contribution in [0.2, 0.25) is 0 Å². The Morgan fingerprint density at radius 2 is 2.27 bits per heavy atom. The number of carbonyl (C=O) groups excluding carboxylic acids is 2. The van der Waals surface area contributed by atoms with Crippen molar-refractivity contribution < 1.29 is 14.0 Å². The first kappa shape index (κ1) is 11.3. The van der Waals surface area contributed by atoms with Crippen molar-refractivity contribution in [3.05, 3.63) is 34.6 Å². The smallest absolute Gasteiger partial charge is 0.181 e. The minimum Gasteiger partial charge on any atom is -0.298 e. The van der Waals surface area contributed by atoms with Gasteiger partial charge in [0.25, 0.3) is 0 Å². The number of aldehydes is 1. The lowest BCUT2D eigenvalue weighted by molar-refractivity contribution is 0.101. The third-order valence-electron chi connectivity index (χ3n) is 1.77. The maximum atomic E-state index is 13.3. The molecule has 0 fully saturated rings. The fraction of sp³-hybridized carbons (Fsp3) is 0.100. The second-order valence-corrected chi connectivity index (χ2v) is 2.98. The van der Waals surface area contributed by atoms with Gasteiger partial charge in [0.15, 0.2) is 5.78 Å². The average molecular weight is 226 g/mol. The van der Waals surface area contributed by atoms with Crippen LogP contribution in [0.1, 0.15) is 26.3 Å². The molecule has 0 aliphatic carbocycles. The zero-order chi connectivity index (χ0) is 11.4. The van der Waals surface area contributed by atoms with Crippen LogP contribution in [0.25, 0.3) is 0 Å². The topological polar surface area (TPSA) is 57.9 Å². The van der Waals surface area contributed by atoms with Crippen molar-refractivity contribution in [3.8, 4) is 6.07 Å². The van der Waals surface area contributed by atoms with Crippen molar-refractivity contribution in [2.45, 2.75) is 0 Å². The van der Waals surface area contributed by atoms with E-state index in [-0.39, 0.29) is 16.7 Å². The number of nitriles is 1. The standard InChI is InChI=1S/C10H5ClFNO2/c11-3-9(15)10-7(4-13)1-6(5-14)2-8(10)12/h1-2,5H,3H2. The van der Waals surface area contributed by atoms with E-state index in [2.05, 4.69) is 0 Å². The summed E-state index contributed by atoms with van der Waals surface area (Å²) in [4.78, 5) is 21.6. The van der Waals surface area contributed by atoms with E-state index < -0.39 is 17.5 Å². The molecule has 1 aromatic rings. The normalized spacial score (nSPS) is 9.40. The summed E-state index contributed by atoms with van der Waals surface area (Å²) in [5, 5.41) is 8.68. The fourth-order valence-electron chi connectivity index (χ4n) is 1.13. The van der Waals surface area contributed by atoms with Crippen molar-refractivity contribution in [2.75, 3.05) is 5.88 Å². The van der Waals surface area contributed by atoms with Crippen LogP contribution in [-0.2, 0) is 0 Å². The molecule has 0 aliphatic rings. The molecule has 0 spiro atoms. The molecule has 0 unspecified atom stereocenters. The van der Waals surface area contributed by atoms with Crippen molar-refractivity contribution >= 4 is 23.7 Å². The molecule has 1 aromatic carbocycles. The molecule has 5 heteroatoms. The Morgan fingerprint density at radius 1 is 1.60 bits per heavy atom. The quantitative estimate of drug-likeness (QED) is 0.449. The number of hydrogen-bond donors (Lipinski definition) is 0. The molecule has 0 aliphatic heterocycles. The van der Waals surface area contributed by atoms with Crippen LogP contribution in [0.4, 0.5) is 4.39 Å². The third kappa shape index (κ3) is 2.20. The van der Waals surface area contributed by atoms with Gasteiger partial charge in [-0.3, -0.25) is 9.59 Å². The number of rotatable bonds is 3. The molecule has 0 radical (unpaired) electrons. The Hall–Kier alpha value is -1.73. The van der Waals surface area contributed by atoms with Crippen LogP contribution >= 0.6 is 11.6 Å². The number of alkyl halides is 1. The van der Waals surface area contributed by atoms with Gasteiger partial charge in [-0.15, -0.1) is 11.6 Å². The summed E-state index contributed by atoms with van der Waals surface area (Å²) in [5.74, 6) is -1.99. The van der Waals surface area contributed by atoms with E-state index in [4.69, 9.17) is 16.9 Å². The molecule has 15 heavy (non-hydrogen) atoms. The molecule has 0 bridgehead atoms. The predicted molar refractivity (Wildman–Crippen MR) is 51.6 cm³/mol. The molecule has 0 atom stereocenters. The van der Waals surface area contributed by atoms with Gasteiger partial charge in [0, 0.05) is 5.56 Å². The molecule has 0 saturated heterocycles. The highest BCUT2D eigenvalue weighted by Gasteiger charge is 2.17. The summed E-state index contributed by atoms with van der Waals surface area (Å²) in [6.45, 7) is 0. The van der Waals surface area contributed by atoms with Crippen LogP contribution in [-0.4, -0.2) is 17.9 Å². The Morgan fingerprint density at radius 3 is 2.73 bits per heavy atom. The Kier molecular flexibility index (Phi) is 3.53. The monoisotopic (exact) mass is 225 g/mol. The molecule has 0 saturated carbocycles. The number of benzene rings is 1. The van der Waals surface area contributed by atoms with Gasteiger partial charge in [0.2, 0.25) is 0 Å². The zero-order valence-electron chi connectivity index (χ0n) is 7.46. The summed E-state index contributed by atoms with van der Waals surface area (Å²) in [6, 6.07) is 3.69. The van der Waals surface area contributed by atoms with E-state index >= 15 is 0 Å². The Balaban J connectivity index is 3.45. The lowest BCUT2D eigenvalue weighted by Crippen LogP contribution is -2.07. The van der Waals surface area contributed by atoms with Gasteiger partial charge in [-0.05, 0) is 12.1 Å².